The van der Waals surface area contributed by atoms with E-state index in [0.29, 0.717) is 28.1 Å². The average molecular weight is 405 g/mol. The largest absolute Gasteiger partial charge is 0.497 e. The van der Waals surface area contributed by atoms with Gasteiger partial charge in [0.15, 0.2) is 16.7 Å². The lowest BCUT2D eigenvalue weighted by Gasteiger charge is -2.11. The van der Waals surface area contributed by atoms with Crippen molar-refractivity contribution in [1.82, 2.24) is 14.8 Å². The van der Waals surface area contributed by atoms with E-state index in [1.54, 1.807) is 25.5 Å². The summed E-state index contributed by atoms with van der Waals surface area (Å²) < 4.78 is 12.7. The molecule has 0 saturated carbocycles. The summed E-state index contributed by atoms with van der Waals surface area (Å²) in [6.45, 7) is 2.02. The Bertz CT molecular complexity index is 1140. The molecule has 0 saturated heterocycles. The van der Waals surface area contributed by atoms with Crippen LogP contribution in [-0.2, 0) is 0 Å². The fraction of sp³-hybridized carbons (Fsp3) is 0.136. The Hall–Kier alpha value is -3.32. The van der Waals surface area contributed by atoms with Crippen molar-refractivity contribution in [2.75, 3.05) is 12.9 Å². The molecule has 0 spiro atoms. The zero-order chi connectivity index (χ0) is 20.2. The van der Waals surface area contributed by atoms with Crippen LogP contribution in [0.5, 0.6) is 5.75 Å². The number of carbonyl (C=O) groups excluding carboxylic acids is 1. The maximum atomic E-state index is 12.7. The summed E-state index contributed by atoms with van der Waals surface area (Å²) in [5.74, 6) is 2.10. The second-order valence-corrected chi connectivity index (χ2v) is 7.29. The Morgan fingerprint density at radius 2 is 1.97 bits per heavy atom. The van der Waals surface area contributed by atoms with Crippen LogP contribution in [0.2, 0.25) is 0 Å². The molecule has 0 N–H and O–H groups in total. The second kappa shape index (κ2) is 8.36. The molecule has 146 valence electrons. The van der Waals surface area contributed by atoms with Crippen LogP contribution >= 0.6 is 11.8 Å². The molecule has 0 atom stereocenters. The van der Waals surface area contributed by atoms with E-state index < -0.39 is 0 Å². The summed E-state index contributed by atoms with van der Waals surface area (Å²) in [5.41, 5.74) is 2.62. The van der Waals surface area contributed by atoms with Gasteiger partial charge in [-0.3, -0.25) is 9.36 Å². The van der Waals surface area contributed by atoms with Gasteiger partial charge in [0.05, 0.1) is 24.8 Å². The molecular formula is C22H19N3O3S. The number of hydrogen-bond donors (Lipinski definition) is 0. The van der Waals surface area contributed by atoms with Crippen molar-refractivity contribution in [1.29, 1.82) is 0 Å². The summed E-state index contributed by atoms with van der Waals surface area (Å²) in [6.07, 6.45) is 1.60. The molecule has 2 aromatic heterocycles. The van der Waals surface area contributed by atoms with Crippen LogP contribution in [0.25, 0.3) is 17.3 Å². The molecule has 0 aliphatic carbocycles. The topological polar surface area (TPSA) is 70.2 Å². The standard InChI is InChI=1S/C22H19N3O3S/c1-15-7-3-4-10-18(15)25-21(20-11-6-12-28-20)23-24-22(25)29-14-19(26)16-8-5-9-17(13-16)27-2/h3-13H,14H2,1-2H3. The number of aromatic nitrogens is 3. The van der Waals surface area contributed by atoms with Gasteiger partial charge in [-0.1, -0.05) is 42.1 Å². The van der Waals surface area contributed by atoms with E-state index in [4.69, 9.17) is 9.15 Å². The molecule has 0 fully saturated rings. The van der Waals surface area contributed by atoms with E-state index in [2.05, 4.69) is 10.2 Å². The Kier molecular flexibility index (Phi) is 5.48. The van der Waals surface area contributed by atoms with E-state index >= 15 is 0 Å². The molecule has 29 heavy (non-hydrogen) atoms. The molecule has 0 bridgehead atoms. The number of rotatable bonds is 7. The summed E-state index contributed by atoms with van der Waals surface area (Å²) >= 11 is 1.34. The Morgan fingerprint density at radius 3 is 2.72 bits per heavy atom. The van der Waals surface area contributed by atoms with Gasteiger partial charge in [-0.15, -0.1) is 10.2 Å². The number of thioether (sulfide) groups is 1. The molecule has 0 aliphatic heterocycles. The highest BCUT2D eigenvalue weighted by molar-refractivity contribution is 7.99. The van der Waals surface area contributed by atoms with Crippen LogP contribution in [0.3, 0.4) is 0 Å². The molecule has 2 aromatic carbocycles. The van der Waals surface area contributed by atoms with E-state index in [-0.39, 0.29) is 11.5 Å². The fourth-order valence-electron chi connectivity index (χ4n) is 2.97. The molecule has 4 aromatic rings. The number of carbonyl (C=O) groups is 1. The lowest BCUT2D eigenvalue weighted by molar-refractivity contribution is 0.102. The van der Waals surface area contributed by atoms with Gasteiger partial charge in [0, 0.05) is 5.56 Å². The lowest BCUT2D eigenvalue weighted by atomic mass is 10.1. The van der Waals surface area contributed by atoms with Crippen LogP contribution in [-0.4, -0.2) is 33.4 Å². The monoisotopic (exact) mass is 405 g/mol. The Balaban J connectivity index is 1.66. The van der Waals surface area contributed by atoms with E-state index in [1.165, 1.54) is 11.8 Å². The van der Waals surface area contributed by atoms with Crippen molar-refractivity contribution in [2.45, 2.75) is 12.1 Å². The summed E-state index contributed by atoms with van der Waals surface area (Å²) in [6, 6.07) is 18.8. The van der Waals surface area contributed by atoms with Gasteiger partial charge < -0.3 is 9.15 Å². The lowest BCUT2D eigenvalue weighted by Crippen LogP contribution is -2.06. The van der Waals surface area contributed by atoms with Crippen LogP contribution < -0.4 is 4.74 Å². The van der Waals surface area contributed by atoms with E-state index in [1.807, 2.05) is 60.0 Å². The van der Waals surface area contributed by atoms with Crippen molar-refractivity contribution >= 4 is 17.5 Å². The van der Waals surface area contributed by atoms with Gasteiger partial charge in [-0.2, -0.15) is 0 Å². The molecule has 6 nitrogen and oxygen atoms in total. The van der Waals surface area contributed by atoms with Crippen molar-refractivity contribution in [2.24, 2.45) is 0 Å². The third kappa shape index (κ3) is 3.95. The van der Waals surface area contributed by atoms with Crippen molar-refractivity contribution in [3.8, 4) is 23.0 Å². The summed E-state index contributed by atoms with van der Waals surface area (Å²) in [7, 11) is 1.58. The first kappa shape index (κ1) is 19.0. The van der Waals surface area contributed by atoms with Crippen molar-refractivity contribution in [3.05, 3.63) is 78.1 Å². The molecule has 0 unspecified atom stereocenters. The number of hydrogen-bond acceptors (Lipinski definition) is 6. The number of aryl methyl sites for hydroxylation is 1. The van der Waals surface area contributed by atoms with Gasteiger partial charge in [0.2, 0.25) is 5.82 Å². The number of methoxy groups -OCH3 is 1. The number of ketones is 1. The van der Waals surface area contributed by atoms with Gasteiger partial charge in [0.25, 0.3) is 0 Å². The number of ether oxygens (including phenoxy) is 1. The molecule has 7 heteroatoms. The maximum Gasteiger partial charge on any atom is 0.205 e. The van der Waals surface area contributed by atoms with E-state index in [9.17, 15) is 4.79 Å². The first-order chi connectivity index (χ1) is 14.2. The highest BCUT2D eigenvalue weighted by Gasteiger charge is 2.20. The molecule has 2 heterocycles. The molecule has 4 rings (SSSR count). The molecule has 0 radical (unpaired) electrons. The van der Waals surface area contributed by atoms with Crippen LogP contribution in [0.1, 0.15) is 15.9 Å². The van der Waals surface area contributed by atoms with E-state index in [0.717, 1.165) is 11.3 Å². The third-order valence-electron chi connectivity index (χ3n) is 4.46. The minimum Gasteiger partial charge on any atom is -0.497 e. The van der Waals surface area contributed by atoms with Crippen LogP contribution in [0.4, 0.5) is 0 Å². The van der Waals surface area contributed by atoms with Gasteiger partial charge in [0.1, 0.15) is 5.75 Å². The molecule has 0 aliphatic rings. The normalized spacial score (nSPS) is 10.8. The van der Waals surface area contributed by atoms with Crippen LogP contribution in [0.15, 0.2) is 76.5 Å². The predicted octanol–water partition coefficient (Wildman–Crippen LogP) is 4.82. The summed E-state index contributed by atoms with van der Waals surface area (Å²) in [4.78, 5) is 12.7. The fourth-order valence-corrected chi connectivity index (χ4v) is 3.81. The summed E-state index contributed by atoms with van der Waals surface area (Å²) in [5, 5.41) is 9.28. The first-order valence-electron chi connectivity index (χ1n) is 9.02. The zero-order valence-corrected chi connectivity index (χ0v) is 16.8. The highest BCUT2D eigenvalue weighted by atomic mass is 32.2. The van der Waals surface area contributed by atoms with Crippen molar-refractivity contribution < 1.29 is 13.9 Å². The number of benzene rings is 2. The minimum absolute atomic E-state index is 0.00668. The molecular weight excluding hydrogens is 386 g/mol. The maximum absolute atomic E-state index is 12.7. The van der Waals surface area contributed by atoms with Gasteiger partial charge >= 0.3 is 0 Å². The van der Waals surface area contributed by atoms with Crippen LogP contribution in [0, 0.1) is 6.92 Å². The van der Waals surface area contributed by atoms with Crippen molar-refractivity contribution in [3.63, 3.8) is 0 Å². The predicted molar refractivity (Wildman–Crippen MR) is 112 cm³/mol. The number of nitrogens with zero attached hydrogens (tertiary/aromatic N) is 3. The quantitative estimate of drug-likeness (QED) is 0.324. The zero-order valence-electron chi connectivity index (χ0n) is 16.0. The second-order valence-electron chi connectivity index (χ2n) is 6.35. The first-order valence-corrected chi connectivity index (χ1v) is 10.0. The number of Topliss-reactive ketones (excluding diaryl/α,β-unsaturated/α-hetero) is 1. The minimum atomic E-state index is -0.00668. The van der Waals surface area contributed by atoms with Gasteiger partial charge in [-0.05, 0) is 42.8 Å². The Labute approximate surface area is 172 Å². The number of para-hydroxylation sites is 1. The number of furan rings is 1. The average Bonchev–Trinajstić information content (AvgIpc) is 3.42. The Morgan fingerprint density at radius 1 is 1.10 bits per heavy atom. The molecule has 0 amide bonds. The van der Waals surface area contributed by atoms with Gasteiger partial charge in [-0.25, -0.2) is 0 Å². The smallest absolute Gasteiger partial charge is 0.205 e. The third-order valence-corrected chi connectivity index (χ3v) is 5.38. The SMILES string of the molecule is COc1cccc(C(=O)CSc2nnc(-c3ccco3)n2-c2ccccc2C)c1. The highest BCUT2D eigenvalue weighted by Crippen LogP contribution is 2.30.